The fraction of sp³-hybridized carbons (Fsp3) is 0.160. The van der Waals surface area contributed by atoms with E-state index in [2.05, 4.69) is 14.8 Å². The van der Waals surface area contributed by atoms with Crippen LogP contribution < -0.4 is 4.74 Å². The van der Waals surface area contributed by atoms with Crippen molar-refractivity contribution in [3.8, 4) is 16.9 Å². The molecule has 0 unspecified atom stereocenters. The Morgan fingerprint density at radius 2 is 1.69 bits per heavy atom. The van der Waals surface area contributed by atoms with Gasteiger partial charge in [0.15, 0.2) is 0 Å². The topological polar surface area (TPSA) is 60.2 Å². The zero-order valence-corrected chi connectivity index (χ0v) is 18.9. The van der Waals surface area contributed by atoms with Crippen LogP contribution in [0.4, 0.5) is 13.2 Å². The highest BCUT2D eigenvalue weighted by Gasteiger charge is 2.32. The Kier molecular flexibility index (Phi) is 5.94. The summed E-state index contributed by atoms with van der Waals surface area (Å²) in [7, 11) is 0. The maximum Gasteiger partial charge on any atom is 0.573 e. The quantitative estimate of drug-likeness (QED) is 0.342. The second-order valence-electron chi connectivity index (χ2n) is 8.13. The number of rotatable bonds is 6. The molecule has 5 rings (SSSR count). The van der Waals surface area contributed by atoms with Gasteiger partial charge in [-0.2, -0.15) is 5.10 Å². The van der Waals surface area contributed by atoms with Crippen molar-refractivity contribution in [2.75, 3.05) is 0 Å². The smallest absolute Gasteiger partial charge is 0.406 e. The largest absolute Gasteiger partial charge is 0.573 e. The summed E-state index contributed by atoms with van der Waals surface area (Å²) in [5.41, 5.74) is 4.69. The van der Waals surface area contributed by atoms with E-state index in [0.29, 0.717) is 29.2 Å². The van der Waals surface area contributed by atoms with Crippen molar-refractivity contribution < 1.29 is 22.7 Å². The van der Waals surface area contributed by atoms with Crippen molar-refractivity contribution in [2.24, 2.45) is 0 Å². The van der Waals surface area contributed by atoms with E-state index < -0.39 is 6.36 Å². The molecule has 178 valence electrons. The van der Waals surface area contributed by atoms with E-state index in [0.717, 1.165) is 22.3 Å². The molecule has 35 heavy (non-hydrogen) atoms. The van der Waals surface area contributed by atoms with Crippen LogP contribution in [-0.2, 0) is 19.6 Å². The summed E-state index contributed by atoms with van der Waals surface area (Å²) >= 11 is 6.50. The van der Waals surface area contributed by atoms with E-state index in [1.165, 1.54) is 24.3 Å². The van der Waals surface area contributed by atoms with Gasteiger partial charge in [-0.1, -0.05) is 23.7 Å². The molecule has 0 radical (unpaired) electrons. The highest BCUT2D eigenvalue weighted by Crippen LogP contribution is 2.35. The summed E-state index contributed by atoms with van der Waals surface area (Å²) in [6.07, 6.45) is 2.37. The third kappa shape index (κ3) is 5.14. The Bertz CT molecular complexity index is 1370. The molecule has 0 bridgehead atoms. The summed E-state index contributed by atoms with van der Waals surface area (Å²) in [6.45, 7) is 1.17. The highest BCUT2D eigenvalue weighted by molar-refractivity contribution is 6.34. The molecule has 0 aliphatic carbocycles. The standard InChI is InChI=1S/C25H18ClF3N4O2/c26-22-10-18(20-11-31-33(15-20)13-17-5-7-30-8-6-17)9-19-14-32(24(34)23(19)22)12-16-1-3-21(4-2-16)35-25(27,28)29/h1-11,15H,12-14H2. The molecular weight excluding hydrogens is 481 g/mol. The fourth-order valence-corrected chi connectivity index (χ4v) is 4.37. The number of hydrogen-bond donors (Lipinski definition) is 0. The maximum atomic E-state index is 13.0. The van der Waals surface area contributed by atoms with E-state index in [-0.39, 0.29) is 18.2 Å². The van der Waals surface area contributed by atoms with Crippen LogP contribution in [-0.4, -0.2) is 31.9 Å². The third-order valence-electron chi connectivity index (χ3n) is 5.63. The van der Waals surface area contributed by atoms with Gasteiger partial charge < -0.3 is 9.64 Å². The molecule has 0 spiro atoms. The molecular formula is C25H18ClF3N4O2. The Labute approximate surface area is 203 Å². The number of aromatic nitrogens is 3. The SMILES string of the molecule is O=C1c2c(Cl)cc(-c3cnn(Cc4ccncc4)c3)cc2CN1Cc1ccc(OC(F)(F)F)cc1. The van der Waals surface area contributed by atoms with E-state index in [9.17, 15) is 18.0 Å². The number of carbonyl (C=O) groups excluding carboxylic acids is 1. The molecule has 1 aliphatic heterocycles. The van der Waals surface area contributed by atoms with E-state index in [1.807, 2.05) is 29.1 Å². The van der Waals surface area contributed by atoms with Gasteiger partial charge in [0.25, 0.3) is 5.91 Å². The summed E-state index contributed by atoms with van der Waals surface area (Å²) < 4.78 is 42.8. The first-order valence-corrected chi connectivity index (χ1v) is 11.0. The second-order valence-corrected chi connectivity index (χ2v) is 8.53. The third-order valence-corrected chi connectivity index (χ3v) is 5.92. The molecule has 2 aromatic heterocycles. The zero-order chi connectivity index (χ0) is 24.6. The minimum atomic E-state index is -4.75. The normalized spacial score (nSPS) is 13.3. The molecule has 0 saturated carbocycles. The van der Waals surface area contributed by atoms with Gasteiger partial charge >= 0.3 is 6.36 Å². The van der Waals surface area contributed by atoms with Crippen molar-refractivity contribution in [3.05, 3.63) is 101 Å². The summed E-state index contributed by atoms with van der Waals surface area (Å²) in [5.74, 6) is -0.532. The van der Waals surface area contributed by atoms with Gasteiger partial charge in [0, 0.05) is 37.2 Å². The van der Waals surface area contributed by atoms with Crippen LogP contribution in [0.3, 0.4) is 0 Å². The van der Waals surface area contributed by atoms with Crippen LogP contribution in [0.2, 0.25) is 5.02 Å². The number of pyridine rings is 1. The number of carbonyl (C=O) groups is 1. The fourth-order valence-electron chi connectivity index (χ4n) is 4.05. The number of amides is 1. The first-order chi connectivity index (χ1) is 16.7. The number of hydrogen-bond acceptors (Lipinski definition) is 4. The Hall–Kier alpha value is -3.85. The van der Waals surface area contributed by atoms with Crippen LogP contribution in [0.25, 0.3) is 11.1 Å². The Morgan fingerprint density at radius 1 is 0.971 bits per heavy atom. The second kappa shape index (κ2) is 9.07. The molecule has 3 heterocycles. The molecule has 0 fully saturated rings. The lowest BCUT2D eigenvalue weighted by Gasteiger charge is -2.16. The van der Waals surface area contributed by atoms with Gasteiger partial charge in [0.05, 0.1) is 23.3 Å². The molecule has 4 aromatic rings. The number of alkyl halides is 3. The van der Waals surface area contributed by atoms with Crippen molar-refractivity contribution in [1.29, 1.82) is 0 Å². The summed E-state index contributed by atoms with van der Waals surface area (Å²) in [4.78, 5) is 18.6. The average Bonchev–Trinajstić information content (AvgIpc) is 3.39. The van der Waals surface area contributed by atoms with E-state index in [1.54, 1.807) is 29.6 Å². The molecule has 6 nitrogen and oxygen atoms in total. The lowest BCUT2D eigenvalue weighted by Crippen LogP contribution is -2.23. The van der Waals surface area contributed by atoms with E-state index in [4.69, 9.17) is 11.6 Å². The summed E-state index contributed by atoms with van der Waals surface area (Å²) in [6, 6.07) is 13.0. The first kappa shape index (κ1) is 22.9. The minimum absolute atomic E-state index is 0.222. The molecule has 1 amide bonds. The molecule has 2 aromatic carbocycles. The lowest BCUT2D eigenvalue weighted by atomic mass is 10.0. The van der Waals surface area contributed by atoms with E-state index >= 15 is 0 Å². The number of ether oxygens (including phenoxy) is 1. The first-order valence-electron chi connectivity index (χ1n) is 10.6. The predicted molar refractivity (Wildman–Crippen MR) is 123 cm³/mol. The van der Waals surface area contributed by atoms with Crippen molar-refractivity contribution in [1.82, 2.24) is 19.7 Å². The number of benzene rings is 2. The van der Waals surface area contributed by atoms with Crippen LogP contribution in [0.1, 0.15) is 27.0 Å². The van der Waals surface area contributed by atoms with Gasteiger partial charge in [-0.05, 0) is 58.7 Å². The average molecular weight is 499 g/mol. The van der Waals surface area contributed by atoms with Gasteiger partial charge in [-0.15, -0.1) is 13.2 Å². The van der Waals surface area contributed by atoms with Crippen molar-refractivity contribution in [3.63, 3.8) is 0 Å². The van der Waals surface area contributed by atoms with Crippen molar-refractivity contribution in [2.45, 2.75) is 26.0 Å². The number of halogens is 4. The number of nitrogens with zero attached hydrogens (tertiary/aromatic N) is 4. The van der Waals surface area contributed by atoms with Crippen molar-refractivity contribution >= 4 is 17.5 Å². The number of fused-ring (bicyclic) bond motifs is 1. The molecule has 0 N–H and O–H groups in total. The molecule has 10 heteroatoms. The molecule has 0 atom stereocenters. The Morgan fingerprint density at radius 3 is 2.40 bits per heavy atom. The van der Waals surface area contributed by atoms with Crippen LogP contribution >= 0.6 is 11.6 Å². The zero-order valence-electron chi connectivity index (χ0n) is 18.2. The molecule has 1 aliphatic rings. The highest BCUT2D eigenvalue weighted by atomic mass is 35.5. The lowest BCUT2D eigenvalue weighted by molar-refractivity contribution is -0.274. The van der Waals surface area contributed by atoms with Gasteiger partial charge in [0.2, 0.25) is 0 Å². The molecule has 0 saturated heterocycles. The monoisotopic (exact) mass is 498 g/mol. The van der Waals surface area contributed by atoms with Gasteiger partial charge in [-0.3, -0.25) is 14.5 Å². The van der Waals surface area contributed by atoms with Crippen LogP contribution in [0, 0.1) is 0 Å². The van der Waals surface area contributed by atoms with Crippen LogP contribution in [0.5, 0.6) is 5.75 Å². The minimum Gasteiger partial charge on any atom is -0.406 e. The Balaban J connectivity index is 1.31. The maximum absolute atomic E-state index is 13.0. The predicted octanol–water partition coefficient (Wildman–Crippen LogP) is 5.70. The van der Waals surface area contributed by atoms with Crippen LogP contribution in [0.15, 0.2) is 73.3 Å². The summed E-state index contributed by atoms with van der Waals surface area (Å²) in [5, 5.41) is 4.77. The van der Waals surface area contributed by atoms with Gasteiger partial charge in [0.1, 0.15) is 5.75 Å². The van der Waals surface area contributed by atoms with Gasteiger partial charge in [-0.25, -0.2) is 0 Å².